The zero-order chi connectivity index (χ0) is 28.8. The van der Waals surface area contributed by atoms with Crippen molar-refractivity contribution in [2.24, 2.45) is 11.8 Å². The summed E-state index contributed by atoms with van der Waals surface area (Å²) < 4.78 is 0. The summed E-state index contributed by atoms with van der Waals surface area (Å²) in [6, 6.07) is 30.7. The smallest absolute Gasteiger partial charge is 0.270 e. The van der Waals surface area contributed by atoms with Crippen molar-refractivity contribution in [1.82, 2.24) is 0 Å². The second-order valence-electron chi connectivity index (χ2n) is 9.67. The predicted octanol–water partition coefficient (Wildman–Crippen LogP) is 6.71. The molecule has 8 nitrogen and oxygen atoms in total. The van der Waals surface area contributed by atoms with E-state index in [-0.39, 0.29) is 22.8 Å². The summed E-state index contributed by atoms with van der Waals surface area (Å²) in [6.07, 6.45) is 4.46. The van der Waals surface area contributed by atoms with E-state index in [1.54, 1.807) is 35.2 Å². The summed E-state index contributed by atoms with van der Waals surface area (Å²) in [7, 11) is 0. The fourth-order valence-corrected chi connectivity index (χ4v) is 5.01. The maximum Gasteiger partial charge on any atom is 0.270 e. The first kappa shape index (κ1) is 27.2. The Hall–Kier alpha value is -5.37. The van der Waals surface area contributed by atoms with Gasteiger partial charge in [-0.1, -0.05) is 78.9 Å². The largest absolute Gasteiger partial charge is 0.325 e. The van der Waals surface area contributed by atoms with Gasteiger partial charge < -0.3 is 5.32 Å². The number of hydrogen-bond donors (Lipinski definition) is 1. The molecule has 0 aliphatic heterocycles. The number of nitro benzene ring substituents is 1. The summed E-state index contributed by atoms with van der Waals surface area (Å²) in [5.74, 6) is -2.52. The van der Waals surface area contributed by atoms with E-state index in [1.807, 2.05) is 72.8 Å². The highest BCUT2D eigenvalue weighted by molar-refractivity contribution is 6.14. The van der Waals surface area contributed by atoms with E-state index in [0.29, 0.717) is 29.8 Å². The highest BCUT2D eigenvalue weighted by Gasteiger charge is 2.38. The quantitative estimate of drug-likeness (QED) is 0.115. The highest BCUT2D eigenvalue weighted by Crippen LogP contribution is 2.35. The topological polar surface area (TPSA) is 110 Å². The Kier molecular flexibility index (Phi) is 8.10. The average molecular weight is 546 g/mol. The van der Waals surface area contributed by atoms with E-state index in [0.717, 1.165) is 0 Å². The Morgan fingerprint density at radius 2 is 1.27 bits per heavy atom. The number of carbonyl (C=O) groups excluding carboxylic acids is 3. The van der Waals surface area contributed by atoms with Crippen molar-refractivity contribution in [3.05, 3.63) is 143 Å². The molecule has 0 fully saturated rings. The molecule has 0 radical (unpaired) electrons. The maximum absolute atomic E-state index is 14.1. The molecule has 4 aromatic rings. The number of anilines is 3. The molecule has 8 heteroatoms. The SMILES string of the molecule is O=C(c1ccccc1)c1cc([N+](=O)[O-])ccc1NC(=O)C1CC=CCC1C(=O)N(c1ccccc1)c1ccccc1. The van der Waals surface area contributed by atoms with E-state index in [2.05, 4.69) is 5.32 Å². The Morgan fingerprint density at radius 3 is 1.83 bits per heavy atom. The molecule has 2 atom stereocenters. The number of nitrogens with zero attached hydrogens (tertiary/aromatic N) is 2. The van der Waals surface area contributed by atoms with Crippen LogP contribution in [0.4, 0.5) is 22.7 Å². The number of amides is 2. The highest BCUT2D eigenvalue weighted by atomic mass is 16.6. The predicted molar refractivity (Wildman–Crippen MR) is 157 cm³/mol. The van der Waals surface area contributed by atoms with Gasteiger partial charge in [-0.25, -0.2) is 0 Å². The molecule has 5 rings (SSSR count). The summed E-state index contributed by atoms with van der Waals surface area (Å²) in [4.78, 5) is 53.7. The summed E-state index contributed by atoms with van der Waals surface area (Å²) in [5.41, 5.74) is 1.59. The second-order valence-corrected chi connectivity index (χ2v) is 9.67. The molecule has 0 saturated carbocycles. The van der Waals surface area contributed by atoms with Crippen molar-refractivity contribution < 1.29 is 19.3 Å². The lowest BCUT2D eigenvalue weighted by molar-refractivity contribution is -0.384. The molecule has 0 heterocycles. The first-order valence-electron chi connectivity index (χ1n) is 13.2. The van der Waals surface area contributed by atoms with Gasteiger partial charge in [-0.3, -0.25) is 29.4 Å². The van der Waals surface area contributed by atoms with Crippen LogP contribution in [0.15, 0.2) is 121 Å². The van der Waals surface area contributed by atoms with Crippen LogP contribution < -0.4 is 10.2 Å². The van der Waals surface area contributed by atoms with Crippen molar-refractivity contribution in [2.75, 3.05) is 10.2 Å². The van der Waals surface area contributed by atoms with Gasteiger partial charge in [0.1, 0.15) is 0 Å². The van der Waals surface area contributed by atoms with Crippen molar-refractivity contribution in [1.29, 1.82) is 0 Å². The lowest BCUT2D eigenvalue weighted by Crippen LogP contribution is -2.41. The number of rotatable bonds is 8. The van der Waals surface area contributed by atoms with Crippen molar-refractivity contribution >= 4 is 40.3 Å². The lowest BCUT2D eigenvalue weighted by atomic mass is 9.81. The fourth-order valence-electron chi connectivity index (χ4n) is 5.01. The van der Waals surface area contributed by atoms with Crippen molar-refractivity contribution in [2.45, 2.75) is 12.8 Å². The van der Waals surface area contributed by atoms with Crippen LogP contribution in [0.1, 0.15) is 28.8 Å². The third-order valence-corrected chi connectivity index (χ3v) is 7.09. The molecule has 4 aromatic carbocycles. The van der Waals surface area contributed by atoms with Crippen LogP contribution in [0.25, 0.3) is 0 Å². The van der Waals surface area contributed by atoms with Crippen LogP contribution in [0.5, 0.6) is 0 Å². The molecule has 0 aromatic heterocycles. The van der Waals surface area contributed by atoms with Crippen LogP contribution in [0.3, 0.4) is 0 Å². The average Bonchev–Trinajstić information content (AvgIpc) is 3.02. The zero-order valence-corrected chi connectivity index (χ0v) is 22.1. The maximum atomic E-state index is 14.1. The van der Waals surface area contributed by atoms with Crippen LogP contribution in [-0.2, 0) is 9.59 Å². The molecule has 0 spiro atoms. The molecule has 204 valence electrons. The number of nitro groups is 1. The van der Waals surface area contributed by atoms with Gasteiger partial charge in [0, 0.05) is 29.1 Å². The van der Waals surface area contributed by atoms with E-state index in [9.17, 15) is 24.5 Å². The number of para-hydroxylation sites is 2. The third kappa shape index (κ3) is 5.96. The summed E-state index contributed by atoms with van der Waals surface area (Å²) >= 11 is 0. The lowest BCUT2D eigenvalue weighted by Gasteiger charge is -2.32. The minimum Gasteiger partial charge on any atom is -0.325 e. The number of non-ortho nitro benzene ring substituents is 1. The first-order valence-corrected chi connectivity index (χ1v) is 13.2. The molecule has 0 saturated heterocycles. The molecule has 2 amide bonds. The summed E-state index contributed by atoms with van der Waals surface area (Å²) in [5, 5.41) is 14.3. The minimum atomic E-state index is -0.725. The normalized spacial score (nSPS) is 16.0. The summed E-state index contributed by atoms with van der Waals surface area (Å²) in [6.45, 7) is 0. The van der Waals surface area contributed by atoms with Crippen molar-refractivity contribution in [3.8, 4) is 0 Å². The second kappa shape index (κ2) is 12.2. The Morgan fingerprint density at radius 1 is 0.732 bits per heavy atom. The number of carbonyl (C=O) groups is 3. The zero-order valence-electron chi connectivity index (χ0n) is 22.1. The van der Waals surface area contributed by atoms with Crippen molar-refractivity contribution in [3.63, 3.8) is 0 Å². The van der Waals surface area contributed by atoms with Gasteiger partial charge in [0.05, 0.1) is 28.0 Å². The Bertz CT molecular complexity index is 1560. The van der Waals surface area contributed by atoms with E-state index in [4.69, 9.17) is 0 Å². The molecular weight excluding hydrogens is 518 g/mol. The fraction of sp³-hybridized carbons (Fsp3) is 0.121. The van der Waals surface area contributed by atoms with E-state index < -0.39 is 28.4 Å². The van der Waals surface area contributed by atoms with Gasteiger partial charge >= 0.3 is 0 Å². The van der Waals surface area contributed by atoms with Crippen LogP contribution in [-0.4, -0.2) is 22.5 Å². The molecular formula is C33H27N3O5. The van der Waals surface area contributed by atoms with Crippen LogP contribution in [0, 0.1) is 22.0 Å². The Balaban J connectivity index is 1.47. The molecule has 2 unspecified atom stereocenters. The van der Waals surface area contributed by atoms with E-state index in [1.165, 1.54) is 18.2 Å². The van der Waals surface area contributed by atoms with Gasteiger partial charge in [0.15, 0.2) is 5.78 Å². The van der Waals surface area contributed by atoms with Gasteiger partial charge in [-0.15, -0.1) is 0 Å². The number of benzene rings is 4. The molecule has 0 bridgehead atoms. The van der Waals surface area contributed by atoms with Crippen LogP contribution in [0.2, 0.25) is 0 Å². The van der Waals surface area contributed by atoms with Gasteiger partial charge in [-0.05, 0) is 43.2 Å². The number of nitrogens with one attached hydrogen (secondary N) is 1. The van der Waals surface area contributed by atoms with Crippen LogP contribution >= 0.6 is 0 Å². The molecule has 1 N–H and O–H groups in total. The van der Waals surface area contributed by atoms with Gasteiger partial charge in [0.2, 0.25) is 11.8 Å². The molecule has 1 aliphatic carbocycles. The van der Waals surface area contributed by atoms with E-state index >= 15 is 0 Å². The number of allylic oxidation sites excluding steroid dienone is 2. The Labute approximate surface area is 237 Å². The minimum absolute atomic E-state index is 0.00294. The first-order chi connectivity index (χ1) is 19.9. The molecule has 1 aliphatic rings. The number of hydrogen-bond acceptors (Lipinski definition) is 5. The third-order valence-electron chi connectivity index (χ3n) is 7.09. The monoisotopic (exact) mass is 545 g/mol. The standard InChI is InChI=1S/C33H27N3O5/c37-31(23-12-4-1-5-13-23)29-22-26(36(40)41)20-21-30(29)34-32(38)27-18-10-11-19-28(27)33(39)35(24-14-6-2-7-15-24)25-16-8-3-9-17-25/h1-17,20-22,27-28H,18-19H2,(H,34,38). The number of ketones is 1. The molecule has 41 heavy (non-hydrogen) atoms. The van der Waals surface area contributed by atoms with Gasteiger partial charge in [-0.2, -0.15) is 0 Å². The van der Waals surface area contributed by atoms with Gasteiger partial charge in [0.25, 0.3) is 5.69 Å².